The molecule has 3 nitrogen and oxygen atoms in total. The molecule has 0 N–H and O–H groups in total. The average Bonchev–Trinajstić information content (AvgIpc) is 3.06. The van der Waals surface area contributed by atoms with Gasteiger partial charge in [-0.1, -0.05) is 30.3 Å². The van der Waals surface area contributed by atoms with Crippen LogP contribution in [0.5, 0.6) is 5.75 Å². The van der Waals surface area contributed by atoms with Gasteiger partial charge in [0.05, 0.1) is 6.61 Å². The lowest BCUT2D eigenvalue weighted by molar-refractivity contribution is 0.340. The number of nitrogens with zero attached hydrogens (tertiary/aromatic N) is 1. The minimum absolute atomic E-state index is 0.652. The molecule has 1 heterocycles. The van der Waals surface area contributed by atoms with Gasteiger partial charge in [-0.2, -0.15) is 0 Å². The molecule has 3 aromatic carbocycles. The van der Waals surface area contributed by atoms with Crippen LogP contribution in [0.4, 0.5) is 0 Å². The molecule has 0 aliphatic heterocycles. The number of hydrogen-bond acceptors (Lipinski definition) is 3. The van der Waals surface area contributed by atoms with Crippen molar-refractivity contribution in [2.45, 2.75) is 13.8 Å². The van der Waals surface area contributed by atoms with Crippen molar-refractivity contribution in [2.75, 3.05) is 6.61 Å². The standard InChI is InChI=1S/C22H19NO2/c1-3-24-19-11-9-17(10-12-19)16-5-7-18(8-6-16)22-23-20-14-15(2)4-13-21(20)25-22/h4-14H,3H2,1-2H3. The van der Waals surface area contributed by atoms with Crippen molar-refractivity contribution >= 4 is 11.1 Å². The molecule has 0 bridgehead atoms. The maximum atomic E-state index is 5.87. The second-order valence-corrected chi connectivity index (χ2v) is 6.02. The highest BCUT2D eigenvalue weighted by molar-refractivity contribution is 5.77. The van der Waals surface area contributed by atoms with Crippen molar-refractivity contribution in [1.82, 2.24) is 4.98 Å². The molecule has 4 aromatic rings. The molecule has 0 saturated carbocycles. The molecule has 1 aromatic heterocycles. The van der Waals surface area contributed by atoms with Crippen molar-refractivity contribution in [3.8, 4) is 28.3 Å². The van der Waals surface area contributed by atoms with Crippen LogP contribution in [-0.4, -0.2) is 11.6 Å². The lowest BCUT2D eigenvalue weighted by atomic mass is 10.0. The van der Waals surface area contributed by atoms with Gasteiger partial charge in [-0.15, -0.1) is 0 Å². The Morgan fingerprint density at radius 3 is 2.16 bits per heavy atom. The maximum Gasteiger partial charge on any atom is 0.227 e. The van der Waals surface area contributed by atoms with Gasteiger partial charge in [-0.3, -0.25) is 0 Å². The van der Waals surface area contributed by atoms with E-state index in [1.807, 2.05) is 49.4 Å². The molecule has 0 radical (unpaired) electrons. The molecule has 0 aliphatic rings. The zero-order valence-corrected chi connectivity index (χ0v) is 14.3. The van der Waals surface area contributed by atoms with Crippen LogP contribution >= 0.6 is 0 Å². The second-order valence-electron chi connectivity index (χ2n) is 6.02. The fraction of sp³-hybridized carbons (Fsp3) is 0.136. The zero-order valence-electron chi connectivity index (χ0n) is 14.3. The Balaban J connectivity index is 1.62. The molecule has 3 heteroatoms. The molecular formula is C22H19NO2. The summed E-state index contributed by atoms with van der Waals surface area (Å²) in [6.07, 6.45) is 0. The van der Waals surface area contributed by atoms with Crippen LogP contribution in [0, 0.1) is 6.92 Å². The quantitative estimate of drug-likeness (QED) is 0.470. The summed E-state index contributed by atoms with van der Waals surface area (Å²) in [6.45, 7) is 4.72. The van der Waals surface area contributed by atoms with Crippen LogP contribution in [0.1, 0.15) is 12.5 Å². The van der Waals surface area contributed by atoms with E-state index in [0.717, 1.165) is 33.5 Å². The van der Waals surface area contributed by atoms with E-state index >= 15 is 0 Å². The number of hydrogen-bond donors (Lipinski definition) is 0. The SMILES string of the molecule is CCOc1ccc(-c2ccc(-c3nc4cc(C)ccc4o3)cc2)cc1. The summed E-state index contributed by atoms with van der Waals surface area (Å²) < 4.78 is 11.4. The number of aromatic nitrogens is 1. The third-order valence-electron chi connectivity index (χ3n) is 4.17. The average molecular weight is 329 g/mol. The Morgan fingerprint density at radius 2 is 1.48 bits per heavy atom. The topological polar surface area (TPSA) is 35.3 Å². The van der Waals surface area contributed by atoms with E-state index < -0.39 is 0 Å². The van der Waals surface area contributed by atoms with E-state index in [9.17, 15) is 0 Å². The van der Waals surface area contributed by atoms with Crippen LogP contribution in [0.3, 0.4) is 0 Å². The van der Waals surface area contributed by atoms with Gasteiger partial charge >= 0.3 is 0 Å². The molecular weight excluding hydrogens is 310 g/mol. The molecule has 0 saturated heterocycles. The number of aryl methyl sites for hydroxylation is 1. The Labute approximate surface area is 146 Å². The van der Waals surface area contributed by atoms with Gasteiger partial charge in [0, 0.05) is 5.56 Å². The summed E-state index contributed by atoms with van der Waals surface area (Å²) in [7, 11) is 0. The molecule has 0 amide bonds. The smallest absolute Gasteiger partial charge is 0.227 e. The molecule has 124 valence electrons. The first kappa shape index (κ1) is 15.5. The first-order chi connectivity index (χ1) is 12.2. The Hall–Kier alpha value is -3.07. The fourth-order valence-electron chi connectivity index (χ4n) is 2.88. The van der Waals surface area contributed by atoms with Crippen LogP contribution in [0.25, 0.3) is 33.7 Å². The van der Waals surface area contributed by atoms with E-state index in [0.29, 0.717) is 12.5 Å². The summed E-state index contributed by atoms with van der Waals surface area (Å²) >= 11 is 0. The number of ether oxygens (including phenoxy) is 1. The van der Waals surface area contributed by atoms with Gasteiger partial charge in [0.25, 0.3) is 0 Å². The minimum atomic E-state index is 0.652. The van der Waals surface area contributed by atoms with Crippen LogP contribution in [0.2, 0.25) is 0 Å². The minimum Gasteiger partial charge on any atom is -0.494 e. The second kappa shape index (κ2) is 6.44. The predicted molar refractivity (Wildman–Crippen MR) is 101 cm³/mol. The molecule has 0 unspecified atom stereocenters. The van der Waals surface area contributed by atoms with Crippen molar-refractivity contribution < 1.29 is 9.15 Å². The van der Waals surface area contributed by atoms with Crippen molar-refractivity contribution in [3.63, 3.8) is 0 Å². The molecule has 0 atom stereocenters. The molecule has 4 rings (SSSR count). The highest BCUT2D eigenvalue weighted by Crippen LogP contribution is 2.28. The Morgan fingerprint density at radius 1 is 0.840 bits per heavy atom. The first-order valence-electron chi connectivity index (χ1n) is 8.44. The third kappa shape index (κ3) is 3.13. The highest BCUT2D eigenvalue weighted by atomic mass is 16.5. The van der Waals surface area contributed by atoms with E-state index in [-0.39, 0.29) is 0 Å². The van der Waals surface area contributed by atoms with E-state index in [1.54, 1.807) is 0 Å². The van der Waals surface area contributed by atoms with Crippen molar-refractivity contribution in [3.05, 3.63) is 72.3 Å². The van der Waals surface area contributed by atoms with Crippen LogP contribution in [0.15, 0.2) is 71.1 Å². The summed E-state index contributed by atoms with van der Waals surface area (Å²) in [5.41, 5.74) is 6.17. The number of fused-ring (bicyclic) bond motifs is 1. The maximum absolute atomic E-state index is 5.87. The number of benzene rings is 3. The fourth-order valence-corrected chi connectivity index (χ4v) is 2.88. The van der Waals surface area contributed by atoms with Crippen LogP contribution < -0.4 is 4.74 Å². The van der Waals surface area contributed by atoms with Gasteiger partial charge in [0.1, 0.15) is 11.3 Å². The van der Waals surface area contributed by atoms with Crippen LogP contribution in [-0.2, 0) is 0 Å². The van der Waals surface area contributed by atoms with Gasteiger partial charge in [0.15, 0.2) is 5.58 Å². The van der Waals surface area contributed by atoms with Gasteiger partial charge in [-0.25, -0.2) is 4.98 Å². The van der Waals surface area contributed by atoms with Crippen molar-refractivity contribution in [1.29, 1.82) is 0 Å². The molecule has 0 aliphatic carbocycles. The summed E-state index contributed by atoms with van der Waals surface area (Å²) in [5.74, 6) is 1.54. The molecule has 0 fully saturated rings. The zero-order chi connectivity index (χ0) is 17.2. The normalized spacial score (nSPS) is 11.0. The summed E-state index contributed by atoms with van der Waals surface area (Å²) in [6, 6.07) is 22.4. The van der Waals surface area contributed by atoms with E-state index in [4.69, 9.17) is 9.15 Å². The monoisotopic (exact) mass is 329 g/mol. The molecule has 25 heavy (non-hydrogen) atoms. The van der Waals surface area contributed by atoms with E-state index in [1.165, 1.54) is 5.56 Å². The summed E-state index contributed by atoms with van der Waals surface area (Å²) in [4.78, 5) is 4.60. The lowest BCUT2D eigenvalue weighted by Crippen LogP contribution is -1.90. The largest absolute Gasteiger partial charge is 0.494 e. The van der Waals surface area contributed by atoms with Crippen molar-refractivity contribution in [2.24, 2.45) is 0 Å². The Bertz CT molecular complexity index is 999. The van der Waals surface area contributed by atoms with Gasteiger partial charge in [0.2, 0.25) is 5.89 Å². The predicted octanol–water partition coefficient (Wildman–Crippen LogP) is 5.87. The molecule has 0 spiro atoms. The first-order valence-corrected chi connectivity index (χ1v) is 8.44. The number of oxazole rings is 1. The van der Waals surface area contributed by atoms with E-state index in [2.05, 4.69) is 36.2 Å². The highest BCUT2D eigenvalue weighted by Gasteiger charge is 2.08. The van der Waals surface area contributed by atoms with Gasteiger partial charge < -0.3 is 9.15 Å². The Kier molecular flexibility index (Phi) is 3.98. The number of rotatable bonds is 4. The van der Waals surface area contributed by atoms with Gasteiger partial charge in [-0.05, 0) is 66.9 Å². The third-order valence-corrected chi connectivity index (χ3v) is 4.17. The lowest BCUT2D eigenvalue weighted by Gasteiger charge is -2.05. The summed E-state index contributed by atoms with van der Waals surface area (Å²) in [5, 5.41) is 0.